The van der Waals surface area contributed by atoms with Crippen molar-refractivity contribution in [2.75, 3.05) is 12.3 Å². The van der Waals surface area contributed by atoms with Gasteiger partial charge in [-0.1, -0.05) is 6.92 Å². The van der Waals surface area contributed by atoms with Crippen LogP contribution < -0.4 is 15.5 Å². The molecule has 0 aromatic carbocycles. The summed E-state index contributed by atoms with van der Waals surface area (Å²) in [5.74, 6) is 1.21. The number of hydrogen-bond acceptors (Lipinski definition) is 3. The lowest BCUT2D eigenvalue weighted by Crippen LogP contribution is -2.12. The fourth-order valence-electron chi connectivity index (χ4n) is 1.56. The lowest BCUT2D eigenvalue weighted by Gasteiger charge is -2.00. The number of H-pyrrole nitrogens is 2. The molecule has 2 heterocycles. The number of ether oxygens (including phenoxy) is 1. The molecule has 0 aliphatic rings. The Bertz CT molecular complexity index is 518. The van der Waals surface area contributed by atoms with Crippen molar-refractivity contribution in [3.63, 3.8) is 0 Å². The molecule has 0 saturated heterocycles. The Morgan fingerprint density at radius 3 is 2.88 bits per heavy atom. The van der Waals surface area contributed by atoms with Crippen molar-refractivity contribution in [1.82, 2.24) is 9.97 Å². The van der Waals surface area contributed by atoms with Crippen LogP contribution in [-0.4, -0.2) is 16.6 Å². The van der Waals surface area contributed by atoms with Gasteiger partial charge in [0.25, 0.3) is 5.52 Å². The molecule has 0 unspecified atom stereocenters. The van der Waals surface area contributed by atoms with Gasteiger partial charge in [0.1, 0.15) is 5.69 Å². The first-order valence-electron chi connectivity index (χ1n) is 5.44. The van der Waals surface area contributed by atoms with Gasteiger partial charge in [0.2, 0.25) is 5.88 Å². The van der Waals surface area contributed by atoms with Gasteiger partial charge in [-0.05, 0) is 13.3 Å². The number of aryl methyl sites for hydroxylation is 2. The van der Waals surface area contributed by atoms with E-state index >= 15 is 0 Å². The summed E-state index contributed by atoms with van der Waals surface area (Å²) in [6, 6.07) is 0. The minimum Gasteiger partial charge on any atom is -0.477 e. The highest BCUT2D eigenvalue weighted by molar-refractivity contribution is 5.87. The molecule has 2 aromatic rings. The van der Waals surface area contributed by atoms with Gasteiger partial charge in [-0.25, -0.2) is 9.97 Å². The van der Waals surface area contributed by atoms with Crippen molar-refractivity contribution in [2.24, 2.45) is 0 Å². The van der Waals surface area contributed by atoms with Crippen LogP contribution in [0.2, 0.25) is 0 Å². The standard InChI is InChI=1S/C11H16N4O/c1-4-5-16-11-9-8(10(12)15-11)13-6(2)7(3)14-9/h15H,4-5,12H2,1-3H3/p+1. The molecule has 0 spiro atoms. The molecule has 0 fully saturated rings. The van der Waals surface area contributed by atoms with Gasteiger partial charge in [-0.15, -0.1) is 0 Å². The van der Waals surface area contributed by atoms with Gasteiger partial charge in [0.15, 0.2) is 17.0 Å². The van der Waals surface area contributed by atoms with Crippen molar-refractivity contribution in [1.29, 1.82) is 0 Å². The normalized spacial score (nSPS) is 10.9. The van der Waals surface area contributed by atoms with E-state index in [1.165, 1.54) is 0 Å². The Labute approximate surface area is 94.0 Å². The van der Waals surface area contributed by atoms with Crippen molar-refractivity contribution in [3.05, 3.63) is 11.4 Å². The quantitative estimate of drug-likeness (QED) is 0.821. The summed E-state index contributed by atoms with van der Waals surface area (Å²) in [5.41, 5.74) is 9.41. The molecule has 0 radical (unpaired) electrons. The maximum absolute atomic E-state index is 5.86. The zero-order valence-electron chi connectivity index (χ0n) is 9.85. The zero-order valence-corrected chi connectivity index (χ0v) is 9.85. The first-order chi connectivity index (χ1) is 7.63. The number of hydrogen-bond donors (Lipinski definition) is 2. The Balaban J connectivity index is 2.55. The maximum Gasteiger partial charge on any atom is 0.275 e. The predicted octanol–water partition coefficient (Wildman–Crippen LogP) is 1.36. The maximum atomic E-state index is 5.86. The second kappa shape index (κ2) is 4.00. The summed E-state index contributed by atoms with van der Waals surface area (Å²) in [4.78, 5) is 10.7. The van der Waals surface area contributed by atoms with Crippen LogP contribution in [-0.2, 0) is 0 Å². The third kappa shape index (κ3) is 1.68. The van der Waals surface area contributed by atoms with E-state index in [2.05, 4.69) is 21.9 Å². The summed E-state index contributed by atoms with van der Waals surface area (Å²) in [5, 5.41) is 0. The van der Waals surface area contributed by atoms with Crippen LogP contribution in [0, 0.1) is 13.8 Å². The van der Waals surface area contributed by atoms with E-state index in [4.69, 9.17) is 10.5 Å². The first kappa shape index (κ1) is 10.7. The van der Waals surface area contributed by atoms with Crippen LogP contribution in [0.5, 0.6) is 5.88 Å². The molecule has 2 rings (SSSR count). The summed E-state index contributed by atoms with van der Waals surface area (Å²) < 4.78 is 5.57. The molecule has 5 heteroatoms. The van der Waals surface area contributed by atoms with E-state index in [1.54, 1.807) is 0 Å². The molecular formula is C11H17N4O+. The molecule has 0 aliphatic heterocycles. The third-order valence-electron chi connectivity index (χ3n) is 2.55. The van der Waals surface area contributed by atoms with E-state index < -0.39 is 0 Å². The Morgan fingerprint density at radius 2 is 2.19 bits per heavy atom. The predicted molar refractivity (Wildman–Crippen MR) is 62.3 cm³/mol. The lowest BCUT2D eigenvalue weighted by atomic mass is 10.3. The van der Waals surface area contributed by atoms with Gasteiger partial charge < -0.3 is 15.5 Å². The van der Waals surface area contributed by atoms with E-state index in [9.17, 15) is 0 Å². The second-order valence-electron chi connectivity index (χ2n) is 3.89. The van der Waals surface area contributed by atoms with Crippen molar-refractivity contribution >= 4 is 16.9 Å². The van der Waals surface area contributed by atoms with E-state index in [0.29, 0.717) is 18.3 Å². The Morgan fingerprint density at radius 1 is 1.44 bits per heavy atom. The van der Waals surface area contributed by atoms with Crippen LogP contribution in [0.1, 0.15) is 24.7 Å². The highest BCUT2D eigenvalue weighted by Gasteiger charge is 2.18. The highest BCUT2D eigenvalue weighted by Crippen LogP contribution is 2.25. The average molecular weight is 221 g/mol. The highest BCUT2D eigenvalue weighted by atomic mass is 16.5. The SMILES string of the molecule is CCCOc1[nH]c(N)c2[nH+]c(C)c(C)nc12. The molecular weight excluding hydrogens is 204 g/mol. The van der Waals surface area contributed by atoms with E-state index in [0.717, 1.165) is 28.8 Å². The van der Waals surface area contributed by atoms with Gasteiger partial charge >= 0.3 is 0 Å². The number of rotatable bonds is 3. The van der Waals surface area contributed by atoms with Crippen molar-refractivity contribution < 1.29 is 9.72 Å². The molecule has 86 valence electrons. The van der Waals surface area contributed by atoms with E-state index in [1.807, 2.05) is 13.8 Å². The minimum atomic E-state index is 0.566. The molecule has 0 bridgehead atoms. The largest absolute Gasteiger partial charge is 0.477 e. The number of aromatic nitrogens is 3. The number of nitrogens with one attached hydrogen (secondary N) is 2. The molecule has 0 aliphatic carbocycles. The molecule has 0 saturated carbocycles. The minimum absolute atomic E-state index is 0.566. The molecule has 0 amide bonds. The summed E-state index contributed by atoms with van der Waals surface area (Å²) >= 11 is 0. The zero-order chi connectivity index (χ0) is 11.7. The number of nitrogens with two attached hydrogens (primary N) is 1. The summed E-state index contributed by atoms with van der Waals surface area (Å²) in [7, 11) is 0. The Kier molecular flexibility index (Phi) is 2.68. The van der Waals surface area contributed by atoms with Crippen LogP contribution >= 0.6 is 0 Å². The number of nitrogens with zero attached hydrogens (tertiary/aromatic N) is 1. The summed E-state index contributed by atoms with van der Waals surface area (Å²) in [6.45, 7) is 6.64. The average Bonchev–Trinajstić information content (AvgIpc) is 2.54. The number of aromatic amines is 2. The topological polar surface area (TPSA) is 78.1 Å². The fraction of sp³-hybridized carbons (Fsp3) is 0.455. The molecule has 2 aromatic heterocycles. The fourth-order valence-corrected chi connectivity index (χ4v) is 1.56. The lowest BCUT2D eigenvalue weighted by molar-refractivity contribution is -0.355. The smallest absolute Gasteiger partial charge is 0.275 e. The van der Waals surface area contributed by atoms with Crippen molar-refractivity contribution in [3.8, 4) is 5.88 Å². The van der Waals surface area contributed by atoms with Gasteiger partial charge in [-0.2, -0.15) is 0 Å². The molecule has 16 heavy (non-hydrogen) atoms. The molecule has 4 N–H and O–H groups in total. The number of anilines is 1. The van der Waals surface area contributed by atoms with Crippen LogP contribution in [0.15, 0.2) is 0 Å². The van der Waals surface area contributed by atoms with Crippen LogP contribution in [0.25, 0.3) is 11.0 Å². The first-order valence-corrected chi connectivity index (χ1v) is 5.44. The molecule has 0 atom stereocenters. The van der Waals surface area contributed by atoms with Crippen LogP contribution in [0.4, 0.5) is 5.82 Å². The number of nitrogen functional groups attached to an aromatic ring is 1. The second-order valence-corrected chi connectivity index (χ2v) is 3.89. The monoisotopic (exact) mass is 221 g/mol. The molecule has 5 nitrogen and oxygen atoms in total. The van der Waals surface area contributed by atoms with Gasteiger partial charge in [-0.3, -0.25) is 0 Å². The van der Waals surface area contributed by atoms with Gasteiger partial charge in [0, 0.05) is 6.92 Å². The third-order valence-corrected chi connectivity index (χ3v) is 2.55. The van der Waals surface area contributed by atoms with Crippen molar-refractivity contribution in [2.45, 2.75) is 27.2 Å². The van der Waals surface area contributed by atoms with E-state index in [-0.39, 0.29) is 0 Å². The summed E-state index contributed by atoms with van der Waals surface area (Å²) in [6.07, 6.45) is 0.953. The van der Waals surface area contributed by atoms with Gasteiger partial charge in [0.05, 0.1) is 6.61 Å². The number of fused-ring (bicyclic) bond motifs is 1. The Hall–Kier alpha value is -1.78. The van der Waals surface area contributed by atoms with Crippen LogP contribution in [0.3, 0.4) is 0 Å².